The van der Waals surface area contributed by atoms with Gasteiger partial charge in [0.15, 0.2) is 0 Å². The van der Waals surface area contributed by atoms with Crippen LogP contribution in [-0.4, -0.2) is 27.7 Å². The number of nitrogens with one attached hydrogen (secondary N) is 2. The van der Waals surface area contributed by atoms with Crippen LogP contribution in [0.1, 0.15) is 27.3 Å². The van der Waals surface area contributed by atoms with E-state index in [0.29, 0.717) is 12.1 Å². The molecule has 0 saturated carbocycles. The number of hydrogen-bond acceptors (Lipinski definition) is 4. The van der Waals surface area contributed by atoms with Crippen LogP contribution in [0.2, 0.25) is 0 Å². The van der Waals surface area contributed by atoms with E-state index in [1.165, 1.54) is 0 Å². The lowest BCUT2D eigenvalue weighted by atomic mass is 10.2. The number of pyridine rings is 1. The van der Waals surface area contributed by atoms with Crippen molar-refractivity contribution in [2.45, 2.75) is 20.4 Å². The molecule has 0 aliphatic heterocycles. The van der Waals surface area contributed by atoms with Crippen LogP contribution in [0.5, 0.6) is 0 Å². The average molecular weight is 273 g/mol. The molecule has 106 valence electrons. The van der Waals surface area contributed by atoms with Crippen molar-refractivity contribution in [2.24, 2.45) is 7.05 Å². The van der Waals surface area contributed by atoms with E-state index in [-0.39, 0.29) is 5.91 Å². The van der Waals surface area contributed by atoms with Crippen molar-refractivity contribution in [1.82, 2.24) is 20.1 Å². The minimum atomic E-state index is -0.148. The molecule has 2 aromatic heterocycles. The number of anilines is 1. The monoisotopic (exact) mass is 273 g/mol. The molecule has 0 atom stereocenters. The first-order valence-electron chi connectivity index (χ1n) is 6.43. The van der Waals surface area contributed by atoms with Gasteiger partial charge in [-0.3, -0.25) is 14.5 Å². The maximum Gasteiger partial charge on any atom is 0.255 e. The fraction of sp³-hybridized carbons (Fsp3) is 0.357. The molecule has 0 saturated heterocycles. The smallest absolute Gasteiger partial charge is 0.255 e. The third kappa shape index (κ3) is 2.96. The Morgan fingerprint density at radius 3 is 2.75 bits per heavy atom. The second-order valence-corrected chi connectivity index (χ2v) is 4.72. The minimum absolute atomic E-state index is 0.148. The Labute approximate surface area is 118 Å². The van der Waals surface area contributed by atoms with Crippen LogP contribution in [0.15, 0.2) is 18.5 Å². The van der Waals surface area contributed by atoms with Gasteiger partial charge in [-0.05, 0) is 19.9 Å². The van der Waals surface area contributed by atoms with Crippen LogP contribution < -0.4 is 10.6 Å². The number of hydrogen-bond donors (Lipinski definition) is 2. The van der Waals surface area contributed by atoms with Gasteiger partial charge in [0.1, 0.15) is 0 Å². The highest BCUT2D eigenvalue weighted by atomic mass is 16.1. The van der Waals surface area contributed by atoms with Crippen molar-refractivity contribution in [3.05, 3.63) is 41.0 Å². The van der Waals surface area contributed by atoms with Crippen molar-refractivity contribution >= 4 is 11.6 Å². The van der Waals surface area contributed by atoms with Crippen molar-refractivity contribution < 1.29 is 4.79 Å². The van der Waals surface area contributed by atoms with Crippen LogP contribution >= 0.6 is 0 Å². The lowest BCUT2D eigenvalue weighted by molar-refractivity contribution is 0.0951. The third-order valence-corrected chi connectivity index (χ3v) is 3.11. The Morgan fingerprint density at radius 1 is 1.40 bits per heavy atom. The predicted octanol–water partition coefficient (Wildman–Crippen LogP) is 1.40. The molecule has 0 aliphatic rings. The summed E-state index contributed by atoms with van der Waals surface area (Å²) in [7, 11) is 3.65. The van der Waals surface area contributed by atoms with E-state index in [1.807, 2.05) is 33.2 Å². The number of carbonyl (C=O) groups is 1. The van der Waals surface area contributed by atoms with Crippen molar-refractivity contribution in [2.75, 3.05) is 12.4 Å². The second-order valence-electron chi connectivity index (χ2n) is 4.72. The topological polar surface area (TPSA) is 71.8 Å². The Balaban J connectivity index is 2.11. The van der Waals surface area contributed by atoms with Crippen LogP contribution in [0.4, 0.5) is 5.69 Å². The van der Waals surface area contributed by atoms with Gasteiger partial charge in [0.25, 0.3) is 5.91 Å². The number of rotatable bonds is 4. The molecule has 0 spiro atoms. The molecule has 0 aliphatic carbocycles. The number of aromatic nitrogens is 3. The summed E-state index contributed by atoms with van der Waals surface area (Å²) >= 11 is 0. The van der Waals surface area contributed by atoms with Gasteiger partial charge >= 0.3 is 0 Å². The Kier molecular flexibility index (Phi) is 4.02. The zero-order valence-corrected chi connectivity index (χ0v) is 12.2. The molecule has 0 fully saturated rings. The first-order chi connectivity index (χ1) is 9.51. The molecule has 0 unspecified atom stereocenters. The fourth-order valence-corrected chi connectivity index (χ4v) is 2.04. The quantitative estimate of drug-likeness (QED) is 0.883. The maximum absolute atomic E-state index is 12.2. The van der Waals surface area contributed by atoms with E-state index in [9.17, 15) is 4.79 Å². The lowest BCUT2D eigenvalue weighted by Crippen LogP contribution is -2.24. The Hall–Kier alpha value is -2.37. The molecule has 2 heterocycles. The number of carbonyl (C=O) groups excluding carboxylic acids is 1. The van der Waals surface area contributed by atoms with E-state index in [1.54, 1.807) is 17.9 Å². The van der Waals surface area contributed by atoms with E-state index >= 15 is 0 Å². The Bertz CT molecular complexity index is 632. The molecule has 20 heavy (non-hydrogen) atoms. The molecule has 0 radical (unpaired) electrons. The Morgan fingerprint density at radius 2 is 2.15 bits per heavy atom. The molecule has 0 bridgehead atoms. The van der Waals surface area contributed by atoms with Gasteiger partial charge in [-0.15, -0.1) is 0 Å². The first-order valence-corrected chi connectivity index (χ1v) is 6.43. The number of aryl methyl sites for hydroxylation is 3. The molecule has 1 amide bonds. The highest BCUT2D eigenvalue weighted by molar-refractivity contribution is 5.99. The van der Waals surface area contributed by atoms with Gasteiger partial charge in [-0.1, -0.05) is 0 Å². The van der Waals surface area contributed by atoms with Crippen LogP contribution in [0, 0.1) is 13.8 Å². The predicted molar refractivity (Wildman–Crippen MR) is 77.6 cm³/mol. The van der Waals surface area contributed by atoms with Crippen LogP contribution in [0.25, 0.3) is 0 Å². The van der Waals surface area contributed by atoms with Gasteiger partial charge in [-0.25, -0.2) is 0 Å². The molecule has 6 heteroatoms. The summed E-state index contributed by atoms with van der Waals surface area (Å²) in [5.41, 5.74) is 4.11. The van der Waals surface area contributed by atoms with Crippen molar-refractivity contribution in [3.63, 3.8) is 0 Å². The molecule has 6 nitrogen and oxygen atoms in total. The van der Waals surface area contributed by atoms with E-state index in [4.69, 9.17) is 0 Å². The molecular formula is C14H19N5O. The molecule has 0 aromatic carbocycles. The van der Waals surface area contributed by atoms with Gasteiger partial charge in [-0.2, -0.15) is 5.10 Å². The first kappa shape index (κ1) is 14.0. The third-order valence-electron chi connectivity index (χ3n) is 3.11. The van der Waals surface area contributed by atoms with Gasteiger partial charge < -0.3 is 10.6 Å². The lowest BCUT2D eigenvalue weighted by Gasteiger charge is -2.10. The maximum atomic E-state index is 12.2. The summed E-state index contributed by atoms with van der Waals surface area (Å²) in [6.07, 6.45) is 3.49. The van der Waals surface area contributed by atoms with E-state index in [0.717, 1.165) is 22.6 Å². The molecule has 2 rings (SSSR count). The standard InChI is InChI=1S/C14H19N5O/c1-9-5-13(15-3)12(7-16-9)14(20)17-6-11-8-19(4)18-10(11)2/h5,7-8H,6H2,1-4H3,(H,15,16)(H,17,20). The zero-order valence-electron chi connectivity index (χ0n) is 12.2. The largest absolute Gasteiger partial charge is 0.387 e. The second kappa shape index (κ2) is 5.73. The average Bonchev–Trinajstić information content (AvgIpc) is 2.74. The summed E-state index contributed by atoms with van der Waals surface area (Å²) < 4.78 is 1.74. The minimum Gasteiger partial charge on any atom is -0.387 e. The van der Waals surface area contributed by atoms with Gasteiger partial charge in [0.2, 0.25) is 0 Å². The summed E-state index contributed by atoms with van der Waals surface area (Å²) in [4.78, 5) is 16.4. The zero-order chi connectivity index (χ0) is 14.7. The summed E-state index contributed by atoms with van der Waals surface area (Å²) in [5, 5.41) is 10.2. The highest BCUT2D eigenvalue weighted by Crippen LogP contribution is 2.15. The fourth-order valence-electron chi connectivity index (χ4n) is 2.04. The molecular weight excluding hydrogens is 254 g/mol. The number of amides is 1. The van der Waals surface area contributed by atoms with Crippen molar-refractivity contribution in [3.8, 4) is 0 Å². The summed E-state index contributed by atoms with van der Waals surface area (Å²) in [6, 6.07) is 1.85. The van der Waals surface area contributed by atoms with Crippen LogP contribution in [0.3, 0.4) is 0 Å². The summed E-state index contributed by atoms with van der Waals surface area (Å²) in [6.45, 7) is 4.27. The summed E-state index contributed by atoms with van der Waals surface area (Å²) in [5.74, 6) is -0.148. The van der Waals surface area contributed by atoms with Crippen molar-refractivity contribution in [1.29, 1.82) is 0 Å². The highest BCUT2D eigenvalue weighted by Gasteiger charge is 2.12. The molecule has 2 aromatic rings. The normalized spacial score (nSPS) is 10.4. The van der Waals surface area contributed by atoms with E-state index in [2.05, 4.69) is 20.7 Å². The van der Waals surface area contributed by atoms with Gasteiger partial charge in [0.05, 0.1) is 16.9 Å². The molecule has 2 N–H and O–H groups in total. The van der Waals surface area contributed by atoms with Crippen LogP contribution in [-0.2, 0) is 13.6 Å². The van der Waals surface area contributed by atoms with E-state index < -0.39 is 0 Å². The SMILES string of the molecule is CNc1cc(C)ncc1C(=O)NCc1cn(C)nc1C. The number of nitrogens with zero attached hydrogens (tertiary/aromatic N) is 3. The van der Waals surface area contributed by atoms with Gasteiger partial charge in [0, 0.05) is 44.3 Å².